The van der Waals surface area contributed by atoms with Crippen molar-refractivity contribution in [3.8, 4) is 0 Å². The van der Waals surface area contributed by atoms with Crippen LogP contribution in [0.4, 0.5) is 0 Å². The summed E-state index contributed by atoms with van der Waals surface area (Å²) in [7, 11) is 3.82. The Bertz CT molecular complexity index is 258. The normalized spacial score (nSPS) is 40.2. The fourth-order valence-electron chi connectivity index (χ4n) is 3.04. The van der Waals surface area contributed by atoms with E-state index in [-0.39, 0.29) is 5.41 Å². The van der Waals surface area contributed by atoms with Crippen LogP contribution in [0.1, 0.15) is 20.3 Å². The molecule has 1 saturated heterocycles. The third-order valence-electron chi connectivity index (χ3n) is 4.66. The first-order chi connectivity index (χ1) is 8.09. The molecule has 2 fully saturated rings. The van der Waals surface area contributed by atoms with Gasteiger partial charge in [-0.25, -0.2) is 0 Å². The molecule has 0 spiro atoms. The summed E-state index contributed by atoms with van der Waals surface area (Å²) in [5, 5.41) is 7.00. The lowest BCUT2D eigenvalue weighted by Gasteiger charge is -2.51. The van der Waals surface area contributed by atoms with E-state index in [0.717, 1.165) is 26.2 Å². The van der Waals surface area contributed by atoms with E-state index < -0.39 is 0 Å². The maximum Gasteiger partial charge on any atom is 0.0652 e. The first-order valence-electron chi connectivity index (χ1n) is 6.60. The highest BCUT2D eigenvalue weighted by molar-refractivity contribution is 5.03. The third-order valence-corrected chi connectivity index (χ3v) is 4.66. The fraction of sp³-hybridized carbons (Fsp3) is 1.00. The van der Waals surface area contributed by atoms with Gasteiger partial charge < -0.3 is 20.1 Å². The molecule has 0 aromatic heterocycles. The van der Waals surface area contributed by atoms with Crippen molar-refractivity contribution in [3.05, 3.63) is 0 Å². The smallest absolute Gasteiger partial charge is 0.0652 e. The molecule has 0 aromatic carbocycles. The Balaban J connectivity index is 1.76. The van der Waals surface area contributed by atoms with Crippen molar-refractivity contribution in [1.82, 2.24) is 10.6 Å². The van der Waals surface area contributed by atoms with E-state index in [9.17, 15) is 0 Å². The van der Waals surface area contributed by atoms with Crippen LogP contribution in [0.5, 0.6) is 0 Å². The standard InChI is InChI=1S/C13H26N2O2/c1-13(2)11(5-12(13)16-4)15-6-9-7-17-8-10(9)14-3/h9-12,14-15H,5-8H2,1-4H3. The van der Waals surface area contributed by atoms with Gasteiger partial charge in [-0.05, 0) is 13.5 Å². The minimum atomic E-state index is 0.253. The monoisotopic (exact) mass is 242 g/mol. The lowest BCUT2D eigenvalue weighted by molar-refractivity contribution is -0.0981. The molecule has 4 atom stereocenters. The van der Waals surface area contributed by atoms with Gasteiger partial charge in [-0.1, -0.05) is 13.8 Å². The highest BCUT2D eigenvalue weighted by atomic mass is 16.5. The number of methoxy groups -OCH3 is 1. The van der Waals surface area contributed by atoms with Crippen molar-refractivity contribution < 1.29 is 9.47 Å². The molecule has 2 rings (SSSR count). The van der Waals surface area contributed by atoms with E-state index in [1.807, 2.05) is 14.2 Å². The van der Waals surface area contributed by atoms with Gasteiger partial charge in [0.15, 0.2) is 0 Å². The minimum absolute atomic E-state index is 0.253. The van der Waals surface area contributed by atoms with Gasteiger partial charge in [0.2, 0.25) is 0 Å². The summed E-state index contributed by atoms with van der Waals surface area (Å²) in [6.45, 7) is 7.32. The number of likely N-dealkylation sites (N-methyl/N-ethyl adjacent to an activating group) is 1. The second-order valence-corrected chi connectivity index (χ2v) is 5.93. The summed E-state index contributed by atoms with van der Waals surface area (Å²) < 4.78 is 11.0. The number of hydrogen-bond donors (Lipinski definition) is 2. The van der Waals surface area contributed by atoms with Crippen LogP contribution in [0, 0.1) is 11.3 Å². The molecule has 4 nitrogen and oxygen atoms in total. The Morgan fingerprint density at radius 2 is 2.12 bits per heavy atom. The number of rotatable bonds is 5. The van der Waals surface area contributed by atoms with E-state index >= 15 is 0 Å². The van der Waals surface area contributed by atoms with Gasteiger partial charge in [0.1, 0.15) is 0 Å². The fourth-order valence-corrected chi connectivity index (χ4v) is 3.04. The first kappa shape index (κ1) is 13.3. The largest absolute Gasteiger partial charge is 0.381 e. The van der Waals surface area contributed by atoms with Crippen LogP contribution >= 0.6 is 0 Å². The highest BCUT2D eigenvalue weighted by Crippen LogP contribution is 2.42. The number of hydrogen-bond acceptors (Lipinski definition) is 4. The maximum atomic E-state index is 5.51. The van der Waals surface area contributed by atoms with E-state index in [0.29, 0.717) is 24.1 Å². The lowest BCUT2D eigenvalue weighted by atomic mass is 9.64. The minimum Gasteiger partial charge on any atom is -0.381 e. The van der Waals surface area contributed by atoms with Gasteiger partial charge in [0, 0.05) is 37.1 Å². The Kier molecular flexibility index (Phi) is 4.08. The molecule has 1 aliphatic heterocycles. The Hall–Kier alpha value is -0.160. The molecule has 2 N–H and O–H groups in total. The highest BCUT2D eigenvalue weighted by Gasteiger charge is 2.48. The van der Waals surface area contributed by atoms with Crippen LogP contribution < -0.4 is 10.6 Å². The van der Waals surface area contributed by atoms with Crippen molar-refractivity contribution in [2.75, 3.05) is 33.9 Å². The van der Waals surface area contributed by atoms with Crippen molar-refractivity contribution >= 4 is 0 Å². The molecule has 0 aromatic rings. The predicted octanol–water partition coefficient (Wildman–Crippen LogP) is 0.624. The second kappa shape index (κ2) is 5.22. The van der Waals surface area contributed by atoms with E-state index in [1.165, 1.54) is 0 Å². The molecule has 100 valence electrons. The molecule has 1 aliphatic carbocycles. The molecule has 2 aliphatic rings. The van der Waals surface area contributed by atoms with Crippen molar-refractivity contribution in [2.24, 2.45) is 11.3 Å². The first-order valence-corrected chi connectivity index (χ1v) is 6.60. The zero-order chi connectivity index (χ0) is 12.5. The topological polar surface area (TPSA) is 42.5 Å². The average molecular weight is 242 g/mol. The van der Waals surface area contributed by atoms with E-state index in [4.69, 9.17) is 9.47 Å². The van der Waals surface area contributed by atoms with Crippen LogP contribution in [0.2, 0.25) is 0 Å². The predicted molar refractivity (Wildman–Crippen MR) is 68.1 cm³/mol. The molecular weight excluding hydrogens is 216 g/mol. The molecule has 1 saturated carbocycles. The van der Waals surface area contributed by atoms with Crippen LogP contribution in [0.3, 0.4) is 0 Å². The second-order valence-electron chi connectivity index (χ2n) is 5.93. The summed E-state index contributed by atoms with van der Waals surface area (Å²) in [6.07, 6.45) is 1.53. The van der Waals surface area contributed by atoms with Crippen LogP contribution in [-0.4, -0.2) is 52.1 Å². The van der Waals surface area contributed by atoms with Crippen molar-refractivity contribution in [3.63, 3.8) is 0 Å². The molecule has 17 heavy (non-hydrogen) atoms. The summed E-state index contributed by atoms with van der Waals surface area (Å²) in [5.41, 5.74) is 0.253. The van der Waals surface area contributed by atoms with E-state index in [2.05, 4.69) is 24.5 Å². The summed E-state index contributed by atoms with van der Waals surface area (Å²) in [5.74, 6) is 0.595. The molecule has 0 radical (unpaired) electrons. The van der Waals surface area contributed by atoms with Gasteiger partial charge in [0.25, 0.3) is 0 Å². The van der Waals surface area contributed by atoms with Gasteiger partial charge in [-0.2, -0.15) is 0 Å². The van der Waals surface area contributed by atoms with Gasteiger partial charge in [-0.15, -0.1) is 0 Å². The van der Waals surface area contributed by atoms with Crippen LogP contribution in [0.15, 0.2) is 0 Å². The maximum absolute atomic E-state index is 5.51. The van der Waals surface area contributed by atoms with Crippen molar-refractivity contribution in [1.29, 1.82) is 0 Å². The molecule has 1 heterocycles. The summed E-state index contributed by atoms with van der Waals surface area (Å²) >= 11 is 0. The average Bonchev–Trinajstić information content (AvgIpc) is 2.75. The SMILES string of the molecule is CNC1COCC1CNC1CC(OC)C1(C)C. The zero-order valence-corrected chi connectivity index (χ0v) is 11.5. The summed E-state index contributed by atoms with van der Waals surface area (Å²) in [6, 6.07) is 1.08. The molecule has 4 heteroatoms. The van der Waals surface area contributed by atoms with Gasteiger partial charge in [0.05, 0.1) is 19.3 Å². The van der Waals surface area contributed by atoms with Gasteiger partial charge in [-0.3, -0.25) is 0 Å². The Labute approximate surface area is 104 Å². The zero-order valence-electron chi connectivity index (χ0n) is 11.5. The third kappa shape index (κ3) is 2.50. The Morgan fingerprint density at radius 3 is 2.71 bits per heavy atom. The molecule has 0 bridgehead atoms. The number of ether oxygens (including phenoxy) is 2. The van der Waals surface area contributed by atoms with Crippen LogP contribution in [-0.2, 0) is 9.47 Å². The van der Waals surface area contributed by atoms with Crippen molar-refractivity contribution in [2.45, 2.75) is 38.5 Å². The summed E-state index contributed by atoms with van der Waals surface area (Å²) in [4.78, 5) is 0. The Morgan fingerprint density at radius 1 is 1.35 bits per heavy atom. The van der Waals surface area contributed by atoms with E-state index in [1.54, 1.807) is 0 Å². The lowest BCUT2D eigenvalue weighted by Crippen LogP contribution is -2.61. The quantitative estimate of drug-likeness (QED) is 0.742. The molecule has 4 unspecified atom stereocenters. The van der Waals surface area contributed by atoms with Gasteiger partial charge >= 0.3 is 0 Å². The van der Waals surface area contributed by atoms with Crippen LogP contribution in [0.25, 0.3) is 0 Å². The number of nitrogens with one attached hydrogen (secondary N) is 2. The molecular formula is C13H26N2O2. The molecule has 0 amide bonds.